The maximum absolute atomic E-state index is 11.3. The van der Waals surface area contributed by atoms with Crippen molar-refractivity contribution in [2.45, 2.75) is 12.0 Å². The van der Waals surface area contributed by atoms with Crippen molar-refractivity contribution in [3.05, 3.63) is 71.3 Å². The first-order chi connectivity index (χ1) is 9.27. The lowest BCUT2D eigenvalue weighted by molar-refractivity contribution is -0.137. The molecule has 0 saturated heterocycles. The van der Waals surface area contributed by atoms with Gasteiger partial charge in [-0.15, -0.1) is 0 Å². The zero-order valence-corrected chi connectivity index (χ0v) is 10.2. The summed E-state index contributed by atoms with van der Waals surface area (Å²) in [5, 5.41) is 9.25. The molecule has 3 heteroatoms. The Kier molecular flexibility index (Phi) is 2.88. The first-order valence-electron chi connectivity index (χ1n) is 6.17. The van der Waals surface area contributed by atoms with Crippen LogP contribution in [0.25, 0.3) is 0 Å². The Bertz CT molecular complexity index is 634. The lowest BCUT2D eigenvalue weighted by Crippen LogP contribution is -2.20. The standard InChI is InChI=1S/C16H13NO2/c18-16(19)14-10-17-15(11-6-2-1-3-7-11)13-9-5-4-8-12(13)14/h1-10,14-15H,(H,18,19). The van der Waals surface area contributed by atoms with Gasteiger partial charge in [0.05, 0.1) is 6.04 Å². The number of carboxylic acids is 1. The molecule has 0 radical (unpaired) electrons. The van der Waals surface area contributed by atoms with Crippen molar-refractivity contribution in [3.8, 4) is 0 Å². The Morgan fingerprint density at radius 2 is 1.58 bits per heavy atom. The third kappa shape index (κ3) is 2.03. The number of rotatable bonds is 2. The third-order valence-electron chi connectivity index (χ3n) is 3.39. The summed E-state index contributed by atoms with van der Waals surface area (Å²) in [5.41, 5.74) is 2.89. The topological polar surface area (TPSA) is 49.7 Å². The average Bonchev–Trinajstić information content (AvgIpc) is 2.47. The van der Waals surface area contributed by atoms with Gasteiger partial charge in [0.1, 0.15) is 5.92 Å². The van der Waals surface area contributed by atoms with Gasteiger partial charge < -0.3 is 5.11 Å². The lowest BCUT2D eigenvalue weighted by Gasteiger charge is -2.24. The Hall–Kier alpha value is -2.42. The minimum absolute atomic E-state index is 0.104. The van der Waals surface area contributed by atoms with Gasteiger partial charge >= 0.3 is 5.97 Å². The zero-order chi connectivity index (χ0) is 13.2. The van der Waals surface area contributed by atoms with Crippen LogP contribution in [0.2, 0.25) is 0 Å². The van der Waals surface area contributed by atoms with Gasteiger partial charge in [0.25, 0.3) is 0 Å². The van der Waals surface area contributed by atoms with Crippen LogP contribution >= 0.6 is 0 Å². The van der Waals surface area contributed by atoms with Gasteiger partial charge in [-0.1, -0.05) is 54.6 Å². The summed E-state index contributed by atoms with van der Waals surface area (Å²) in [6.45, 7) is 0. The predicted octanol–water partition coefficient (Wildman–Crippen LogP) is 3.03. The monoisotopic (exact) mass is 251 g/mol. The number of carboxylic acid groups (broad SMARTS) is 1. The summed E-state index contributed by atoms with van der Waals surface area (Å²) >= 11 is 0. The van der Waals surface area contributed by atoms with Crippen LogP contribution in [0, 0.1) is 0 Å². The van der Waals surface area contributed by atoms with Crippen LogP contribution in [0.1, 0.15) is 28.7 Å². The molecule has 0 aromatic heterocycles. The second kappa shape index (κ2) is 4.69. The summed E-state index contributed by atoms with van der Waals surface area (Å²) < 4.78 is 0. The molecule has 0 fully saturated rings. The molecule has 2 aromatic carbocycles. The molecule has 0 saturated carbocycles. The zero-order valence-electron chi connectivity index (χ0n) is 10.2. The van der Waals surface area contributed by atoms with Crippen LogP contribution in [0.4, 0.5) is 0 Å². The molecule has 2 atom stereocenters. The molecule has 0 amide bonds. The van der Waals surface area contributed by atoms with Gasteiger partial charge in [0, 0.05) is 6.21 Å². The quantitative estimate of drug-likeness (QED) is 0.891. The number of aliphatic imine (C=N–C) groups is 1. The highest BCUT2D eigenvalue weighted by molar-refractivity contribution is 5.96. The number of benzene rings is 2. The fraction of sp³-hybridized carbons (Fsp3) is 0.125. The fourth-order valence-corrected chi connectivity index (χ4v) is 2.47. The van der Waals surface area contributed by atoms with E-state index < -0.39 is 11.9 Å². The van der Waals surface area contributed by atoms with Crippen LogP contribution in [-0.4, -0.2) is 17.3 Å². The molecule has 94 valence electrons. The van der Waals surface area contributed by atoms with E-state index in [1.165, 1.54) is 0 Å². The number of fused-ring (bicyclic) bond motifs is 1. The number of carbonyl (C=O) groups is 1. The lowest BCUT2D eigenvalue weighted by atomic mass is 9.86. The van der Waals surface area contributed by atoms with Crippen molar-refractivity contribution in [1.29, 1.82) is 0 Å². The molecule has 3 nitrogen and oxygen atoms in total. The maximum atomic E-state index is 11.3. The molecule has 0 bridgehead atoms. The van der Waals surface area contributed by atoms with E-state index in [0.29, 0.717) is 0 Å². The highest BCUT2D eigenvalue weighted by atomic mass is 16.4. The van der Waals surface area contributed by atoms with E-state index >= 15 is 0 Å². The highest BCUT2D eigenvalue weighted by Gasteiger charge is 2.28. The van der Waals surface area contributed by atoms with Crippen molar-refractivity contribution in [2.24, 2.45) is 4.99 Å². The predicted molar refractivity (Wildman–Crippen MR) is 73.6 cm³/mol. The van der Waals surface area contributed by atoms with Gasteiger partial charge in [-0.2, -0.15) is 0 Å². The van der Waals surface area contributed by atoms with Crippen molar-refractivity contribution in [1.82, 2.24) is 0 Å². The summed E-state index contributed by atoms with van der Waals surface area (Å²) in [4.78, 5) is 15.7. The van der Waals surface area contributed by atoms with Crippen LogP contribution in [0.3, 0.4) is 0 Å². The normalized spacial score (nSPS) is 20.8. The van der Waals surface area contributed by atoms with E-state index in [1.54, 1.807) is 6.21 Å². The van der Waals surface area contributed by atoms with E-state index in [9.17, 15) is 9.90 Å². The molecular formula is C16H13NO2. The molecule has 0 spiro atoms. The SMILES string of the molecule is O=C(O)C1C=NC(c2ccccc2)c2ccccc21. The fourth-order valence-electron chi connectivity index (χ4n) is 2.47. The molecule has 19 heavy (non-hydrogen) atoms. The van der Waals surface area contributed by atoms with E-state index in [2.05, 4.69) is 4.99 Å². The minimum Gasteiger partial charge on any atom is -0.481 e. The first kappa shape index (κ1) is 11.7. The summed E-state index contributed by atoms with van der Waals surface area (Å²) in [7, 11) is 0. The molecule has 1 aliphatic rings. The minimum atomic E-state index is -0.859. The Balaban J connectivity index is 2.11. The number of hydrogen-bond acceptors (Lipinski definition) is 2. The largest absolute Gasteiger partial charge is 0.481 e. The van der Waals surface area contributed by atoms with Crippen molar-refractivity contribution in [2.75, 3.05) is 0 Å². The second-order valence-electron chi connectivity index (χ2n) is 4.56. The molecule has 1 aliphatic heterocycles. The number of hydrogen-bond donors (Lipinski definition) is 1. The number of aliphatic carboxylic acids is 1. The smallest absolute Gasteiger partial charge is 0.316 e. The Morgan fingerprint density at radius 3 is 2.26 bits per heavy atom. The van der Waals surface area contributed by atoms with Gasteiger partial charge in [0.15, 0.2) is 0 Å². The van der Waals surface area contributed by atoms with Gasteiger partial charge in [-0.05, 0) is 16.7 Å². The van der Waals surface area contributed by atoms with Crippen LogP contribution < -0.4 is 0 Å². The molecule has 3 rings (SSSR count). The van der Waals surface area contributed by atoms with Crippen molar-refractivity contribution in [3.63, 3.8) is 0 Å². The highest BCUT2D eigenvalue weighted by Crippen LogP contribution is 2.35. The van der Waals surface area contributed by atoms with E-state index in [0.717, 1.165) is 16.7 Å². The van der Waals surface area contributed by atoms with Gasteiger partial charge in [-0.3, -0.25) is 9.79 Å². The van der Waals surface area contributed by atoms with Crippen LogP contribution in [0.5, 0.6) is 0 Å². The summed E-state index contributed by atoms with van der Waals surface area (Å²) in [6.07, 6.45) is 1.54. The van der Waals surface area contributed by atoms with Crippen LogP contribution in [-0.2, 0) is 4.79 Å². The van der Waals surface area contributed by atoms with Gasteiger partial charge in [-0.25, -0.2) is 0 Å². The van der Waals surface area contributed by atoms with Crippen LogP contribution in [0.15, 0.2) is 59.6 Å². The summed E-state index contributed by atoms with van der Waals surface area (Å²) in [6, 6.07) is 17.4. The van der Waals surface area contributed by atoms with Gasteiger partial charge in [0.2, 0.25) is 0 Å². The number of nitrogens with zero attached hydrogens (tertiary/aromatic N) is 1. The first-order valence-corrected chi connectivity index (χ1v) is 6.17. The molecule has 0 aliphatic carbocycles. The average molecular weight is 251 g/mol. The Morgan fingerprint density at radius 1 is 0.947 bits per heavy atom. The molecule has 2 unspecified atom stereocenters. The van der Waals surface area contributed by atoms with E-state index in [1.807, 2.05) is 54.6 Å². The van der Waals surface area contributed by atoms with Crippen molar-refractivity contribution < 1.29 is 9.90 Å². The van der Waals surface area contributed by atoms with E-state index in [-0.39, 0.29) is 6.04 Å². The van der Waals surface area contributed by atoms with E-state index in [4.69, 9.17) is 0 Å². The Labute approximate surface area is 111 Å². The molecule has 1 N–H and O–H groups in total. The second-order valence-corrected chi connectivity index (χ2v) is 4.56. The molecule has 2 aromatic rings. The molecule has 1 heterocycles. The molecular weight excluding hydrogens is 238 g/mol. The summed E-state index contributed by atoms with van der Waals surface area (Å²) in [5.74, 6) is -1.50. The third-order valence-corrected chi connectivity index (χ3v) is 3.39. The van der Waals surface area contributed by atoms with Crippen molar-refractivity contribution >= 4 is 12.2 Å². The maximum Gasteiger partial charge on any atom is 0.316 e.